The second-order valence-corrected chi connectivity index (χ2v) is 10.8. The molecule has 2 aliphatic rings. The monoisotopic (exact) mass is 460 g/mol. The highest BCUT2D eigenvalue weighted by atomic mass is 32.2. The molecule has 0 aromatic heterocycles. The lowest BCUT2D eigenvalue weighted by Crippen LogP contribution is -2.45. The minimum absolute atomic E-state index is 0.00882. The van der Waals surface area contributed by atoms with Gasteiger partial charge in [-0.1, -0.05) is 39.8 Å². The van der Waals surface area contributed by atoms with Gasteiger partial charge in [0, 0.05) is 16.7 Å². The fraction of sp³-hybridized carbons (Fsp3) is 0.435. The first-order chi connectivity index (χ1) is 15.0. The Hall–Kier alpha value is -2.62. The van der Waals surface area contributed by atoms with E-state index < -0.39 is 16.3 Å². The molecule has 0 unspecified atom stereocenters. The zero-order valence-electron chi connectivity index (χ0n) is 18.5. The van der Waals surface area contributed by atoms with Crippen molar-refractivity contribution in [2.24, 2.45) is 11.3 Å². The van der Waals surface area contributed by atoms with E-state index in [1.807, 2.05) is 6.07 Å². The summed E-state index contributed by atoms with van der Waals surface area (Å²) in [5.41, 5.74) is 1.33. The van der Waals surface area contributed by atoms with Crippen LogP contribution in [0.4, 0.5) is 11.4 Å². The van der Waals surface area contributed by atoms with E-state index in [1.165, 1.54) is 18.2 Å². The number of carbonyl (C=O) groups is 1. The van der Waals surface area contributed by atoms with Crippen LogP contribution in [0.25, 0.3) is 0 Å². The van der Waals surface area contributed by atoms with Crippen LogP contribution in [0.5, 0.6) is 5.75 Å². The Kier molecular flexibility index (Phi) is 5.91. The second-order valence-electron chi connectivity index (χ2n) is 9.16. The Labute approximate surface area is 188 Å². The first-order valence-electron chi connectivity index (χ1n) is 10.5. The third-order valence-electron chi connectivity index (χ3n) is 5.56. The number of carbonyl (C=O) groups excluding carboxylic acids is 1. The van der Waals surface area contributed by atoms with Crippen LogP contribution in [0.2, 0.25) is 0 Å². The summed E-state index contributed by atoms with van der Waals surface area (Å²) in [6, 6.07) is 11.3. The number of sulfonamides is 1. The van der Waals surface area contributed by atoms with Crippen molar-refractivity contribution in [2.75, 3.05) is 23.3 Å². The Morgan fingerprint density at radius 2 is 1.94 bits per heavy atom. The third kappa shape index (κ3) is 4.60. The summed E-state index contributed by atoms with van der Waals surface area (Å²) >= 11 is 0. The standard InChI is InChI=1S/C23H28N2O6S/c1-14(2)21-23(3,4)13-30-22(31-21)15-6-5-7-16(10-15)25-32(27,28)17-8-9-19-18(11-17)24-20(26)12-29-19/h5-11,14,21-22,25H,12-13H2,1-4H3,(H,24,26)/t21-,22-/m1/s1. The second kappa shape index (κ2) is 8.38. The molecule has 9 heteroatoms. The van der Waals surface area contributed by atoms with Crippen molar-refractivity contribution < 1.29 is 27.4 Å². The van der Waals surface area contributed by atoms with Crippen molar-refractivity contribution in [3.05, 3.63) is 48.0 Å². The van der Waals surface area contributed by atoms with E-state index >= 15 is 0 Å². The summed E-state index contributed by atoms with van der Waals surface area (Å²) in [4.78, 5) is 11.6. The topological polar surface area (TPSA) is 103 Å². The van der Waals surface area contributed by atoms with Crippen molar-refractivity contribution in [2.45, 2.75) is 45.0 Å². The number of hydrogen-bond donors (Lipinski definition) is 2. The number of hydrogen-bond acceptors (Lipinski definition) is 6. The highest BCUT2D eigenvalue weighted by molar-refractivity contribution is 7.92. The normalized spacial score (nSPS) is 22.6. The van der Waals surface area contributed by atoms with Crippen molar-refractivity contribution >= 4 is 27.3 Å². The molecule has 172 valence electrons. The van der Waals surface area contributed by atoms with E-state index in [2.05, 4.69) is 37.7 Å². The molecule has 8 nitrogen and oxygen atoms in total. The SMILES string of the molecule is CC(C)[C@H]1O[C@H](c2cccc(NS(=O)(=O)c3ccc4c(c3)NC(=O)CO4)c2)OCC1(C)C. The number of fused-ring (bicyclic) bond motifs is 1. The molecule has 0 aliphatic carbocycles. The molecule has 0 bridgehead atoms. The van der Waals surface area contributed by atoms with Crippen molar-refractivity contribution in [1.29, 1.82) is 0 Å². The first-order valence-corrected chi connectivity index (χ1v) is 12.0. The lowest BCUT2D eigenvalue weighted by molar-refractivity contribution is -0.274. The van der Waals surface area contributed by atoms with Gasteiger partial charge in [-0.3, -0.25) is 9.52 Å². The van der Waals surface area contributed by atoms with Gasteiger partial charge >= 0.3 is 0 Å². The van der Waals surface area contributed by atoms with Crippen LogP contribution in [0.15, 0.2) is 47.4 Å². The molecule has 2 aliphatic heterocycles. The molecule has 2 heterocycles. The highest BCUT2D eigenvalue weighted by Crippen LogP contribution is 2.40. The maximum atomic E-state index is 13.0. The number of ether oxygens (including phenoxy) is 3. The van der Waals surface area contributed by atoms with Crippen LogP contribution in [0, 0.1) is 11.3 Å². The summed E-state index contributed by atoms with van der Waals surface area (Å²) < 4.78 is 46.0. The fourth-order valence-electron chi connectivity index (χ4n) is 4.16. The molecule has 32 heavy (non-hydrogen) atoms. The van der Waals surface area contributed by atoms with E-state index in [9.17, 15) is 13.2 Å². The quantitative estimate of drug-likeness (QED) is 0.701. The molecular weight excluding hydrogens is 432 g/mol. The lowest BCUT2D eigenvalue weighted by atomic mass is 9.80. The van der Waals surface area contributed by atoms with Crippen LogP contribution < -0.4 is 14.8 Å². The zero-order chi connectivity index (χ0) is 23.1. The minimum Gasteiger partial charge on any atom is -0.482 e. The van der Waals surface area contributed by atoms with Crippen LogP contribution in [0.1, 0.15) is 39.5 Å². The summed E-state index contributed by atoms with van der Waals surface area (Å²) in [7, 11) is -3.89. The molecule has 0 saturated carbocycles. The van der Waals surface area contributed by atoms with Gasteiger partial charge in [0.15, 0.2) is 12.9 Å². The molecule has 1 saturated heterocycles. The Morgan fingerprint density at radius 3 is 2.69 bits per heavy atom. The summed E-state index contributed by atoms with van der Waals surface area (Å²) in [6.45, 7) is 8.91. The number of rotatable bonds is 5. The Bertz CT molecular complexity index is 1130. The predicted octanol–water partition coefficient (Wildman–Crippen LogP) is 3.91. The van der Waals surface area contributed by atoms with E-state index in [4.69, 9.17) is 14.2 Å². The molecule has 0 spiro atoms. The average molecular weight is 461 g/mol. The van der Waals surface area contributed by atoms with Crippen LogP contribution in [-0.2, 0) is 24.3 Å². The molecule has 2 atom stereocenters. The number of anilines is 2. The smallest absolute Gasteiger partial charge is 0.262 e. The van der Waals surface area contributed by atoms with Crippen molar-refractivity contribution in [1.82, 2.24) is 0 Å². The van der Waals surface area contributed by atoms with Gasteiger partial charge in [-0.2, -0.15) is 0 Å². The van der Waals surface area contributed by atoms with Crippen LogP contribution >= 0.6 is 0 Å². The van der Waals surface area contributed by atoms with Crippen LogP contribution in [-0.4, -0.2) is 33.6 Å². The van der Waals surface area contributed by atoms with Crippen molar-refractivity contribution in [3.63, 3.8) is 0 Å². The molecule has 4 rings (SSSR count). The third-order valence-corrected chi connectivity index (χ3v) is 6.94. The number of nitrogens with one attached hydrogen (secondary N) is 2. The fourth-order valence-corrected chi connectivity index (χ4v) is 5.23. The van der Waals surface area contributed by atoms with Crippen LogP contribution in [0.3, 0.4) is 0 Å². The van der Waals surface area contributed by atoms with Crippen molar-refractivity contribution in [3.8, 4) is 5.75 Å². The zero-order valence-corrected chi connectivity index (χ0v) is 19.4. The molecule has 1 fully saturated rings. The minimum atomic E-state index is -3.89. The average Bonchev–Trinajstić information content (AvgIpc) is 2.72. The maximum Gasteiger partial charge on any atom is 0.262 e. The largest absolute Gasteiger partial charge is 0.482 e. The van der Waals surface area contributed by atoms with E-state index in [0.717, 1.165) is 5.56 Å². The summed E-state index contributed by atoms with van der Waals surface area (Å²) in [6.07, 6.45) is -0.564. The first kappa shape index (κ1) is 22.6. The van der Waals surface area contributed by atoms with Gasteiger partial charge in [0.25, 0.3) is 15.9 Å². The Morgan fingerprint density at radius 1 is 1.16 bits per heavy atom. The number of amides is 1. The molecule has 2 N–H and O–H groups in total. The highest BCUT2D eigenvalue weighted by Gasteiger charge is 2.40. The molecular formula is C23H28N2O6S. The summed E-state index contributed by atoms with van der Waals surface area (Å²) in [5.74, 6) is 0.411. The lowest BCUT2D eigenvalue weighted by Gasteiger charge is -2.44. The van der Waals surface area contributed by atoms with Gasteiger partial charge in [-0.05, 0) is 36.2 Å². The molecule has 0 radical (unpaired) electrons. The van der Waals surface area contributed by atoms with Gasteiger partial charge in [0.05, 0.1) is 23.3 Å². The van der Waals surface area contributed by atoms with E-state index in [-0.39, 0.29) is 28.9 Å². The van der Waals surface area contributed by atoms with Gasteiger partial charge in [0.1, 0.15) is 5.75 Å². The molecule has 1 amide bonds. The number of benzene rings is 2. The maximum absolute atomic E-state index is 13.0. The van der Waals surface area contributed by atoms with E-state index in [1.54, 1.807) is 18.2 Å². The predicted molar refractivity (Wildman–Crippen MR) is 120 cm³/mol. The molecule has 2 aromatic carbocycles. The van der Waals surface area contributed by atoms with Gasteiger partial charge in [-0.15, -0.1) is 0 Å². The molecule has 2 aromatic rings. The van der Waals surface area contributed by atoms with Gasteiger partial charge in [-0.25, -0.2) is 8.42 Å². The summed E-state index contributed by atoms with van der Waals surface area (Å²) in [5, 5.41) is 2.62. The Balaban J connectivity index is 1.54. The van der Waals surface area contributed by atoms with E-state index in [0.29, 0.717) is 29.6 Å². The van der Waals surface area contributed by atoms with Gasteiger partial charge in [0.2, 0.25) is 0 Å². The van der Waals surface area contributed by atoms with Gasteiger partial charge < -0.3 is 19.5 Å².